The summed E-state index contributed by atoms with van der Waals surface area (Å²) < 4.78 is 11.0. The van der Waals surface area contributed by atoms with Crippen molar-refractivity contribution < 1.29 is 19.1 Å². The van der Waals surface area contributed by atoms with Crippen LogP contribution in [-0.4, -0.2) is 30.4 Å². The first-order valence-electron chi connectivity index (χ1n) is 9.19. The van der Waals surface area contributed by atoms with Crippen molar-refractivity contribution in [2.75, 3.05) is 19.0 Å². The van der Waals surface area contributed by atoms with E-state index in [0.717, 1.165) is 17.0 Å². The zero-order valence-corrected chi connectivity index (χ0v) is 17.1. The number of methoxy groups -OCH3 is 1. The van der Waals surface area contributed by atoms with Crippen LogP contribution in [-0.2, 0) is 4.79 Å². The third-order valence-corrected chi connectivity index (χ3v) is 4.97. The summed E-state index contributed by atoms with van der Waals surface area (Å²) in [4.78, 5) is 27.9. The number of carbonyl (C=O) groups is 2. The molecule has 1 aromatic heterocycles. The Labute approximate surface area is 173 Å². The number of nitrogens with one attached hydrogen (secondary N) is 1. The maximum absolute atomic E-state index is 12.2. The van der Waals surface area contributed by atoms with Gasteiger partial charge in [-0.2, -0.15) is 0 Å². The molecule has 0 fully saturated rings. The molecule has 0 saturated heterocycles. The topological polar surface area (TPSA) is 77.5 Å². The Balaban J connectivity index is 1.45. The van der Waals surface area contributed by atoms with Gasteiger partial charge in [-0.3, -0.25) is 9.59 Å². The summed E-state index contributed by atoms with van der Waals surface area (Å²) in [6.07, 6.45) is 0.903. The fourth-order valence-corrected chi connectivity index (χ4v) is 3.43. The molecular formula is C22H22N2O4S. The molecule has 0 unspecified atom stereocenters. The lowest BCUT2D eigenvalue weighted by molar-refractivity contribution is -0.116. The normalized spacial score (nSPS) is 10.4. The number of hydrogen-bond donors (Lipinski definition) is 1. The summed E-state index contributed by atoms with van der Waals surface area (Å²) in [6, 6.07) is 14.6. The first kappa shape index (κ1) is 20.5. The summed E-state index contributed by atoms with van der Waals surface area (Å²) in [5, 5.41) is 5.27. The van der Waals surface area contributed by atoms with Gasteiger partial charge in [-0.1, -0.05) is 12.1 Å². The smallest absolute Gasteiger partial charge is 0.226 e. The van der Waals surface area contributed by atoms with E-state index in [1.807, 2.05) is 29.6 Å². The zero-order chi connectivity index (χ0) is 20.6. The molecule has 0 aliphatic heterocycles. The summed E-state index contributed by atoms with van der Waals surface area (Å²) in [7, 11) is 1.62. The van der Waals surface area contributed by atoms with Crippen LogP contribution in [0.25, 0.3) is 11.3 Å². The van der Waals surface area contributed by atoms with Crippen LogP contribution in [0.15, 0.2) is 53.9 Å². The van der Waals surface area contributed by atoms with Gasteiger partial charge in [0.05, 0.1) is 19.4 Å². The molecule has 0 saturated carbocycles. The second kappa shape index (κ2) is 9.84. The highest BCUT2D eigenvalue weighted by molar-refractivity contribution is 7.14. The largest absolute Gasteiger partial charge is 0.496 e. The number of ether oxygens (including phenoxy) is 2. The number of hydrogen-bond acceptors (Lipinski definition) is 6. The van der Waals surface area contributed by atoms with E-state index in [-0.39, 0.29) is 11.7 Å². The number of amides is 1. The molecule has 0 aliphatic carbocycles. The van der Waals surface area contributed by atoms with Crippen LogP contribution in [0.3, 0.4) is 0 Å². The van der Waals surface area contributed by atoms with Crippen LogP contribution < -0.4 is 14.8 Å². The summed E-state index contributed by atoms with van der Waals surface area (Å²) in [6.45, 7) is 1.94. The highest BCUT2D eigenvalue weighted by Gasteiger charge is 2.11. The van der Waals surface area contributed by atoms with Gasteiger partial charge in [-0.05, 0) is 49.7 Å². The van der Waals surface area contributed by atoms with Crippen LogP contribution in [0.2, 0.25) is 0 Å². The third-order valence-electron chi connectivity index (χ3n) is 4.21. The molecular weight excluding hydrogens is 388 g/mol. The zero-order valence-electron chi connectivity index (χ0n) is 16.3. The maximum Gasteiger partial charge on any atom is 0.226 e. The first-order valence-corrected chi connectivity index (χ1v) is 10.1. The highest BCUT2D eigenvalue weighted by atomic mass is 32.1. The molecule has 1 heterocycles. The number of anilines is 1. The minimum absolute atomic E-state index is 0.0178. The summed E-state index contributed by atoms with van der Waals surface area (Å²) in [5.74, 6) is 1.33. The lowest BCUT2D eigenvalue weighted by Crippen LogP contribution is -2.12. The van der Waals surface area contributed by atoms with Gasteiger partial charge < -0.3 is 14.8 Å². The Morgan fingerprint density at radius 1 is 1.10 bits per heavy atom. The van der Waals surface area contributed by atoms with Crippen molar-refractivity contribution in [2.45, 2.75) is 19.8 Å². The average Bonchev–Trinajstić information content (AvgIpc) is 3.19. The quantitative estimate of drug-likeness (QED) is 0.404. The Morgan fingerprint density at radius 2 is 1.86 bits per heavy atom. The Bertz CT molecular complexity index is 982. The molecule has 0 bridgehead atoms. The molecule has 29 heavy (non-hydrogen) atoms. The van der Waals surface area contributed by atoms with E-state index >= 15 is 0 Å². The number of rotatable bonds is 9. The Kier molecular flexibility index (Phi) is 6.97. The van der Waals surface area contributed by atoms with E-state index in [1.165, 1.54) is 18.3 Å². The van der Waals surface area contributed by atoms with E-state index in [0.29, 0.717) is 35.9 Å². The van der Waals surface area contributed by atoms with E-state index in [4.69, 9.17) is 9.47 Å². The highest BCUT2D eigenvalue weighted by Crippen LogP contribution is 2.31. The minimum atomic E-state index is -0.110. The van der Waals surface area contributed by atoms with E-state index in [1.54, 1.807) is 31.4 Å². The van der Waals surface area contributed by atoms with Crippen LogP contribution in [0.4, 0.5) is 5.13 Å². The van der Waals surface area contributed by atoms with Gasteiger partial charge in [0, 0.05) is 22.9 Å². The lowest BCUT2D eigenvalue weighted by atomic mass is 10.1. The Hall–Kier alpha value is -3.19. The fraction of sp³-hybridized carbons (Fsp3) is 0.227. The number of carbonyl (C=O) groups excluding carboxylic acids is 2. The van der Waals surface area contributed by atoms with Crippen molar-refractivity contribution >= 4 is 28.2 Å². The van der Waals surface area contributed by atoms with Gasteiger partial charge in [0.15, 0.2) is 10.9 Å². The van der Waals surface area contributed by atoms with Crippen LogP contribution in [0, 0.1) is 0 Å². The number of ketones is 1. The van der Waals surface area contributed by atoms with Gasteiger partial charge in [-0.25, -0.2) is 4.98 Å². The van der Waals surface area contributed by atoms with E-state index in [9.17, 15) is 9.59 Å². The van der Waals surface area contributed by atoms with Crippen LogP contribution in [0.1, 0.15) is 30.1 Å². The standard InChI is InChI=1S/C22H22N2O4S/c1-15(25)16-9-11-17(12-10-16)28-13-5-8-21(26)24-22-23-19(14-29-22)18-6-3-4-7-20(18)27-2/h3-4,6-7,9-12,14H,5,8,13H2,1-2H3,(H,23,24,26). The molecule has 3 aromatic rings. The van der Waals surface area contributed by atoms with Crippen molar-refractivity contribution in [2.24, 2.45) is 0 Å². The Morgan fingerprint density at radius 3 is 2.59 bits per heavy atom. The number of benzene rings is 2. The molecule has 0 atom stereocenters. The van der Waals surface area contributed by atoms with E-state index < -0.39 is 0 Å². The SMILES string of the molecule is COc1ccccc1-c1csc(NC(=O)CCCOc2ccc(C(C)=O)cc2)n1. The average molecular weight is 410 g/mol. The molecule has 0 radical (unpaired) electrons. The van der Waals surface area contributed by atoms with Crippen molar-refractivity contribution in [1.29, 1.82) is 0 Å². The predicted molar refractivity (Wildman–Crippen MR) is 114 cm³/mol. The van der Waals surface area contributed by atoms with Crippen LogP contribution >= 0.6 is 11.3 Å². The molecule has 1 N–H and O–H groups in total. The summed E-state index contributed by atoms with van der Waals surface area (Å²) in [5.41, 5.74) is 2.30. The monoisotopic (exact) mass is 410 g/mol. The van der Waals surface area contributed by atoms with Gasteiger partial charge in [0.25, 0.3) is 0 Å². The van der Waals surface area contributed by atoms with Crippen molar-refractivity contribution in [3.8, 4) is 22.8 Å². The van der Waals surface area contributed by atoms with Crippen molar-refractivity contribution in [3.63, 3.8) is 0 Å². The van der Waals surface area contributed by atoms with Crippen LogP contribution in [0.5, 0.6) is 11.5 Å². The fourth-order valence-electron chi connectivity index (χ4n) is 2.70. The maximum atomic E-state index is 12.2. The van der Waals surface area contributed by atoms with Crippen molar-refractivity contribution in [3.05, 3.63) is 59.5 Å². The second-order valence-corrected chi connectivity index (χ2v) is 7.18. The lowest BCUT2D eigenvalue weighted by Gasteiger charge is -2.07. The number of aromatic nitrogens is 1. The predicted octanol–water partition coefficient (Wildman–Crippen LogP) is 4.82. The number of Topliss-reactive ketones (excluding diaryl/α,β-unsaturated/α-hetero) is 1. The molecule has 7 heteroatoms. The number of nitrogens with zero attached hydrogens (tertiary/aromatic N) is 1. The molecule has 1 amide bonds. The molecule has 6 nitrogen and oxygen atoms in total. The second-order valence-electron chi connectivity index (χ2n) is 6.32. The van der Waals surface area contributed by atoms with Crippen molar-refractivity contribution in [1.82, 2.24) is 4.98 Å². The molecule has 0 aliphatic rings. The van der Waals surface area contributed by atoms with Gasteiger partial charge in [0.2, 0.25) is 5.91 Å². The molecule has 150 valence electrons. The minimum Gasteiger partial charge on any atom is -0.496 e. The molecule has 3 rings (SSSR count). The van der Waals surface area contributed by atoms with Gasteiger partial charge >= 0.3 is 0 Å². The molecule has 0 spiro atoms. The number of thiazole rings is 1. The van der Waals surface area contributed by atoms with E-state index in [2.05, 4.69) is 10.3 Å². The summed E-state index contributed by atoms with van der Waals surface area (Å²) >= 11 is 1.37. The van der Waals surface area contributed by atoms with Gasteiger partial charge in [-0.15, -0.1) is 11.3 Å². The van der Waals surface area contributed by atoms with Gasteiger partial charge in [0.1, 0.15) is 11.5 Å². The third kappa shape index (κ3) is 5.65. The first-order chi connectivity index (χ1) is 14.1. The molecule has 2 aromatic carbocycles. The number of para-hydroxylation sites is 1.